The molecule has 1 saturated carbocycles. The first-order valence-electron chi connectivity index (χ1n) is 12.6. The van der Waals surface area contributed by atoms with Crippen molar-refractivity contribution in [2.24, 2.45) is 5.92 Å². The van der Waals surface area contributed by atoms with Crippen molar-refractivity contribution in [1.82, 2.24) is 20.5 Å². The summed E-state index contributed by atoms with van der Waals surface area (Å²) in [5, 5.41) is 16.5. The minimum absolute atomic E-state index is 0.0501. The highest BCUT2D eigenvalue weighted by molar-refractivity contribution is 6.45. The second kappa shape index (κ2) is 11.6. The van der Waals surface area contributed by atoms with Gasteiger partial charge in [-0.1, -0.05) is 19.3 Å². The number of hydrogen-bond acceptors (Lipinski definition) is 6. The molecule has 1 aliphatic heterocycles. The number of Topliss-reactive ketones (excluding diaryl/α,β-unsaturated/α-hetero) is 1. The number of carboxylic acids is 1. The van der Waals surface area contributed by atoms with Gasteiger partial charge in [0.25, 0.3) is 11.7 Å². The van der Waals surface area contributed by atoms with Gasteiger partial charge in [0.05, 0.1) is 12.7 Å². The molecule has 1 aromatic heterocycles. The topological polar surface area (TPSA) is 141 Å². The number of amides is 2. The van der Waals surface area contributed by atoms with E-state index in [1.165, 1.54) is 13.3 Å². The first kappa shape index (κ1) is 25.7. The lowest BCUT2D eigenvalue weighted by molar-refractivity contribution is -0.148. The summed E-state index contributed by atoms with van der Waals surface area (Å²) in [5.74, 6) is -3.08. The molecule has 2 aromatic rings. The van der Waals surface area contributed by atoms with Crippen LogP contribution in [-0.2, 0) is 14.4 Å². The number of fused-ring (bicyclic) bond motifs is 1. The van der Waals surface area contributed by atoms with Crippen LogP contribution in [0.4, 0.5) is 0 Å². The number of piperidine rings is 1. The first-order chi connectivity index (χ1) is 17.4. The van der Waals surface area contributed by atoms with E-state index in [0.717, 1.165) is 50.1 Å². The summed E-state index contributed by atoms with van der Waals surface area (Å²) < 4.78 is 5.22. The minimum atomic E-state index is -1.27. The van der Waals surface area contributed by atoms with Gasteiger partial charge in [-0.3, -0.25) is 19.2 Å². The second-order valence-electron chi connectivity index (χ2n) is 9.65. The van der Waals surface area contributed by atoms with Crippen LogP contribution in [0.15, 0.2) is 24.4 Å². The van der Waals surface area contributed by atoms with Crippen LogP contribution in [0.3, 0.4) is 0 Å². The number of nitrogens with one attached hydrogen (secondary N) is 3. The van der Waals surface area contributed by atoms with E-state index in [0.29, 0.717) is 29.5 Å². The average Bonchev–Trinajstić information content (AvgIpc) is 3.31. The van der Waals surface area contributed by atoms with E-state index in [1.54, 1.807) is 18.2 Å². The maximum atomic E-state index is 13.6. The Kier molecular flexibility index (Phi) is 8.25. The van der Waals surface area contributed by atoms with Crippen LogP contribution in [0.2, 0.25) is 0 Å². The predicted octanol–water partition coefficient (Wildman–Crippen LogP) is 2.09. The number of ketones is 1. The molecule has 10 heteroatoms. The van der Waals surface area contributed by atoms with E-state index in [-0.39, 0.29) is 23.4 Å². The number of benzene rings is 1. The number of nitrogens with zero attached hydrogens (tertiary/aromatic N) is 1. The summed E-state index contributed by atoms with van der Waals surface area (Å²) in [5.41, 5.74) is 0.747. The fourth-order valence-corrected chi connectivity index (χ4v) is 5.42. The van der Waals surface area contributed by atoms with Gasteiger partial charge >= 0.3 is 5.97 Å². The Bertz CT molecular complexity index is 1120. The second-order valence-corrected chi connectivity index (χ2v) is 9.65. The molecule has 0 spiro atoms. The Morgan fingerprint density at radius 2 is 1.83 bits per heavy atom. The number of carboxylic acid groups (broad SMARTS) is 1. The van der Waals surface area contributed by atoms with Crippen molar-refractivity contribution in [3.8, 4) is 5.75 Å². The maximum absolute atomic E-state index is 13.6. The SMILES string of the molecule is COc1ccc2c(C(=O)C(=O)N(CC(=O)O)[C@@H](C(=O)NC3CCNCC3)C3CCCCC3)c[nH]c2c1. The van der Waals surface area contributed by atoms with E-state index in [2.05, 4.69) is 15.6 Å². The lowest BCUT2D eigenvalue weighted by Gasteiger charge is -2.38. The molecule has 1 saturated heterocycles. The zero-order valence-corrected chi connectivity index (χ0v) is 20.5. The Labute approximate surface area is 209 Å². The lowest BCUT2D eigenvalue weighted by Crippen LogP contribution is -2.58. The van der Waals surface area contributed by atoms with Crippen molar-refractivity contribution in [2.45, 2.75) is 57.0 Å². The van der Waals surface area contributed by atoms with Gasteiger partial charge in [0.15, 0.2) is 0 Å². The maximum Gasteiger partial charge on any atom is 0.323 e. The average molecular weight is 499 g/mol. The van der Waals surface area contributed by atoms with Crippen LogP contribution in [0.1, 0.15) is 55.3 Å². The number of aliphatic carboxylic acids is 1. The Balaban J connectivity index is 1.65. The van der Waals surface area contributed by atoms with Crippen LogP contribution in [0, 0.1) is 5.92 Å². The summed E-state index contributed by atoms with van der Waals surface area (Å²) in [6, 6.07) is 4.01. The molecule has 4 N–H and O–H groups in total. The van der Waals surface area contributed by atoms with Gasteiger partial charge in [0, 0.05) is 29.2 Å². The van der Waals surface area contributed by atoms with Crippen molar-refractivity contribution in [1.29, 1.82) is 0 Å². The fourth-order valence-electron chi connectivity index (χ4n) is 5.42. The molecule has 1 aliphatic carbocycles. The third kappa shape index (κ3) is 5.70. The summed E-state index contributed by atoms with van der Waals surface area (Å²) >= 11 is 0. The number of rotatable bonds is 9. The smallest absolute Gasteiger partial charge is 0.323 e. The molecule has 194 valence electrons. The summed E-state index contributed by atoms with van der Waals surface area (Å²) in [4.78, 5) is 56.4. The normalized spacial score (nSPS) is 17.9. The number of carbonyl (C=O) groups is 4. The summed E-state index contributed by atoms with van der Waals surface area (Å²) in [7, 11) is 1.53. The quantitative estimate of drug-likeness (QED) is 0.306. The van der Waals surface area contributed by atoms with Crippen LogP contribution >= 0.6 is 0 Å². The highest BCUT2D eigenvalue weighted by Gasteiger charge is 2.41. The van der Waals surface area contributed by atoms with Gasteiger partial charge in [-0.15, -0.1) is 0 Å². The zero-order valence-electron chi connectivity index (χ0n) is 20.5. The van der Waals surface area contributed by atoms with Crippen LogP contribution in [0.5, 0.6) is 5.75 Å². The highest BCUT2D eigenvalue weighted by Crippen LogP contribution is 2.31. The zero-order chi connectivity index (χ0) is 25.7. The van der Waals surface area contributed by atoms with Gasteiger partial charge in [0.2, 0.25) is 5.91 Å². The van der Waals surface area contributed by atoms with Gasteiger partial charge in [-0.05, 0) is 56.8 Å². The molecule has 1 aromatic carbocycles. The molecule has 10 nitrogen and oxygen atoms in total. The fraction of sp³-hybridized carbons (Fsp3) is 0.538. The van der Waals surface area contributed by atoms with Gasteiger partial charge < -0.3 is 30.4 Å². The van der Waals surface area contributed by atoms with Crippen molar-refractivity contribution in [2.75, 3.05) is 26.7 Å². The highest BCUT2D eigenvalue weighted by atomic mass is 16.5. The molecule has 4 rings (SSSR count). The summed E-state index contributed by atoms with van der Waals surface area (Å²) in [6.07, 6.45) is 7.19. The molecule has 2 aliphatic rings. The van der Waals surface area contributed by atoms with Crippen molar-refractivity contribution in [3.63, 3.8) is 0 Å². The largest absolute Gasteiger partial charge is 0.497 e. The molecular weight excluding hydrogens is 464 g/mol. The number of ether oxygens (including phenoxy) is 1. The Morgan fingerprint density at radius 1 is 1.11 bits per heavy atom. The van der Waals surface area contributed by atoms with Crippen LogP contribution in [-0.4, -0.2) is 77.4 Å². The Morgan fingerprint density at radius 3 is 2.50 bits per heavy atom. The third-order valence-electron chi connectivity index (χ3n) is 7.28. The monoisotopic (exact) mass is 498 g/mol. The van der Waals surface area contributed by atoms with Crippen molar-refractivity contribution in [3.05, 3.63) is 30.0 Å². The third-order valence-corrected chi connectivity index (χ3v) is 7.28. The number of aromatic amines is 1. The molecule has 1 atom stereocenters. The van der Waals surface area contributed by atoms with E-state index >= 15 is 0 Å². The van der Waals surface area contributed by atoms with E-state index in [9.17, 15) is 24.3 Å². The van der Waals surface area contributed by atoms with E-state index < -0.39 is 30.2 Å². The molecule has 2 fully saturated rings. The molecule has 2 amide bonds. The van der Waals surface area contributed by atoms with Gasteiger partial charge in [-0.25, -0.2) is 0 Å². The lowest BCUT2D eigenvalue weighted by atomic mass is 9.82. The van der Waals surface area contributed by atoms with E-state index in [1.807, 2.05) is 0 Å². The molecule has 0 radical (unpaired) electrons. The molecular formula is C26H34N4O6. The number of carbonyl (C=O) groups excluding carboxylic acids is 3. The molecule has 36 heavy (non-hydrogen) atoms. The number of H-pyrrole nitrogens is 1. The molecule has 2 heterocycles. The Hall–Kier alpha value is -3.40. The number of aromatic nitrogens is 1. The standard InChI is InChI=1S/C26H34N4O6/c1-36-18-7-8-19-20(14-28-21(19)13-18)24(33)26(35)30(15-22(31)32)23(16-5-3-2-4-6-16)25(34)29-17-9-11-27-12-10-17/h7-8,13-14,16-17,23,27-28H,2-6,9-12,15H2,1H3,(H,29,34)(H,31,32)/t23-/m1/s1. The number of methoxy groups -OCH3 is 1. The van der Waals surface area contributed by atoms with Crippen molar-refractivity contribution >= 4 is 34.5 Å². The van der Waals surface area contributed by atoms with Gasteiger partial charge in [-0.2, -0.15) is 0 Å². The molecule has 0 unspecified atom stereocenters. The predicted molar refractivity (Wildman–Crippen MR) is 133 cm³/mol. The van der Waals surface area contributed by atoms with E-state index in [4.69, 9.17) is 4.74 Å². The van der Waals surface area contributed by atoms with Crippen LogP contribution < -0.4 is 15.4 Å². The molecule has 0 bridgehead atoms. The van der Waals surface area contributed by atoms with Crippen LogP contribution in [0.25, 0.3) is 10.9 Å². The minimum Gasteiger partial charge on any atom is -0.497 e. The first-order valence-corrected chi connectivity index (χ1v) is 12.6. The number of hydrogen-bond donors (Lipinski definition) is 4. The van der Waals surface area contributed by atoms with Crippen molar-refractivity contribution < 1.29 is 29.0 Å². The summed E-state index contributed by atoms with van der Waals surface area (Å²) in [6.45, 7) is 0.836. The van der Waals surface area contributed by atoms with Gasteiger partial charge in [0.1, 0.15) is 18.3 Å².